The lowest BCUT2D eigenvalue weighted by Crippen LogP contribution is -2.28. The molecule has 0 unspecified atom stereocenters. The molecule has 3 nitrogen and oxygen atoms in total. The summed E-state index contributed by atoms with van der Waals surface area (Å²) in [4.78, 5) is 2.82. The van der Waals surface area contributed by atoms with E-state index >= 15 is 0 Å². The van der Waals surface area contributed by atoms with Crippen LogP contribution < -0.4 is 10.5 Å². The van der Waals surface area contributed by atoms with Crippen LogP contribution in [0.25, 0.3) is 0 Å². The van der Waals surface area contributed by atoms with E-state index in [4.69, 9.17) is 22.7 Å². The first kappa shape index (κ1) is 14.3. The molecule has 1 aliphatic carbocycles. The van der Waals surface area contributed by atoms with Gasteiger partial charge in [0.25, 0.3) is 0 Å². The molecule has 0 spiro atoms. The number of hydrogen-bond acceptors (Lipinski definition) is 3. The molecule has 19 heavy (non-hydrogen) atoms. The molecule has 0 atom stereocenters. The SMILES string of the molecule is COc1ccc(CN(C)C2CCCC2)cc1C(N)=S. The summed E-state index contributed by atoms with van der Waals surface area (Å²) in [5.41, 5.74) is 7.81. The number of thiocarbonyl (C=S) groups is 1. The first-order valence-corrected chi connectivity index (χ1v) is 7.19. The van der Waals surface area contributed by atoms with Crippen LogP contribution in [0, 0.1) is 0 Å². The number of hydrogen-bond donors (Lipinski definition) is 1. The Hall–Kier alpha value is -1.13. The molecule has 1 saturated carbocycles. The van der Waals surface area contributed by atoms with Crippen LogP contribution in [0.15, 0.2) is 18.2 Å². The number of nitrogens with zero attached hydrogens (tertiary/aromatic N) is 1. The van der Waals surface area contributed by atoms with Crippen molar-refractivity contribution in [3.63, 3.8) is 0 Å². The van der Waals surface area contributed by atoms with E-state index in [0.717, 1.165) is 23.9 Å². The van der Waals surface area contributed by atoms with Crippen LogP contribution in [-0.4, -0.2) is 30.1 Å². The topological polar surface area (TPSA) is 38.5 Å². The quantitative estimate of drug-likeness (QED) is 0.841. The molecule has 1 aromatic carbocycles. The Morgan fingerprint density at radius 1 is 1.42 bits per heavy atom. The highest BCUT2D eigenvalue weighted by atomic mass is 32.1. The molecule has 1 fully saturated rings. The molecule has 1 aliphatic rings. The fraction of sp³-hybridized carbons (Fsp3) is 0.533. The summed E-state index contributed by atoms with van der Waals surface area (Å²) in [5.74, 6) is 0.750. The third-order valence-electron chi connectivity index (χ3n) is 3.91. The van der Waals surface area contributed by atoms with Gasteiger partial charge in [-0.2, -0.15) is 0 Å². The number of methoxy groups -OCH3 is 1. The Labute approximate surface area is 120 Å². The first-order chi connectivity index (χ1) is 9.11. The molecular weight excluding hydrogens is 256 g/mol. The Kier molecular flexibility index (Phi) is 4.77. The second-order valence-electron chi connectivity index (χ2n) is 5.25. The molecule has 0 radical (unpaired) electrons. The molecule has 4 heteroatoms. The average Bonchev–Trinajstić information content (AvgIpc) is 2.92. The Balaban J connectivity index is 2.11. The molecule has 0 aliphatic heterocycles. The summed E-state index contributed by atoms with van der Waals surface area (Å²) in [6, 6.07) is 6.81. The first-order valence-electron chi connectivity index (χ1n) is 6.78. The maximum Gasteiger partial charge on any atom is 0.129 e. The number of benzene rings is 1. The fourth-order valence-corrected chi connectivity index (χ4v) is 2.97. The van der Waals surface area contributed by atoms with Gasteiger partial charge in [-0.15, -0.1) is 0 Å². The lowest BCUT2D eigenvalue weighted by Gasteiger charge is -2.24. The highest BCUT2D eigenvalue weighted by Crippen LogP contribution is 2.25. The van der Waals surface area contributed by atoms with Crippen LogP contribution >= 0.6 is 12.2 Å². The smallest absolute Gasteiger partial charge is 0.129 e. The van der Waals surface area contributed by atoms with E-state index in [0.29, 0.717) is 4.99 Å². The van der Waals surface area contributed by atoms with Crippen molar-refractivity contribution in [2.24, 2.45) is 5.73 Å². The Morgan fingerprint density at radius 3 is 2.68 bits per heavy atom. The summed E-state index contributed by atoms with van der Waals surface area (Å²) in [5, 5.41) is 0. The number of nitrogens with two attached hydrogens (primary N) is 1. The standard InChI is InChI=1S/C15H22N2OS/c1-17(12-5-3-4-6-12)10-11-7-8-14(18-2)13(9-11)15(16)19/h7-9,12H,3-6,10H2,1-2H3,(H2,16,19). The zero-order valence-electron chi connectivity index (χ0n) is 11.7. The van der Waals surface area contributed by atoms with Crippen molar-refractivity contribution in [1.82, 2.24) is 4.90 Å². The van der Waals surface area contributed by atoms with E-state index in [1.54, 1.807) is 7.11 Å². The average molecular weight is 278 g/mol. The van der Waals surface area contributed by atoms with E-state index in [-0.39, 0.29) is 0 Å². The minimum atomic E-state index is 0.391. The summed E-state index contributed by atoms with van der Waals surface area (Å²) >= 11 is 5.08. The minimum absolute atomic E-state index is 0.391. The lowest BCUT2D eigenvalue weighted by atomic mass is 10.1. The van der Waals surface area contributed by atoms with E-state index in [1.165, 1.54) is 31.2 Å². The molecule has 2 rings (SSSR count). The zero-order valence-corrected chi connectivity index (χ0v) is 12.5. The Bertz CT molecular complexity index is 455. The third kappa shape index (κ3) is 3.45. The molecule has 0 saturated heterocycles. The van der Waals surface area contributed by atoms with Gasteiger partial charge in [0, 0.05) is 12.6 Å². The molecule has 0 bridgehead atoms. The predicted molar refractivity (Wildman–Crippen MR) is 82.6 cm³/mol. The van der Waals surface area contributed by atoms with Crippen LogP contribution in [0.1, 0.15) is 36.8 Å². The number of ether oxygens (including phenoxy) is 1. The fourth-order valence-electron chi connectivity index (χ4n) is 2.81. The highest BCUT2D eigenvalue weighted by molar-refractivity contribution is 7.80. The van der Waals surface area contributed by atoms with Crippen molar-refractivity contribution in [3.8, 4) is 5.75 Å². The summed E-state index contributed by atoms with van der Waals surface area (Å²) < 4.78 is 5.29. The summed E-state index contributed by atoms with van der Waals surface area (Å²) in [6.07, 6.45) is 5.34. The third-order valence-corrected chi connectivity index (χ3v) is 4.13. The maximum absolute atomic E-state index is 5.75. The molecule has 0 aromatic heterocycles. The van der Waals surface area contributed by atoms with E-state index in [9.17, 15) is 0 Å². The summed E-state index contributed by atoms with van der Waals surface area (Å²) in [6.45, 7) is 0.935. The molecule has 0 amide bonds. The second kappa shape index (κ2) is 6.35. The molecular formula is C15H22N2OS. The summed E-state index contributed by atoms with van der Waals surface area (Å²) in [7, 11) is 3.84. The minimum Gasteiger partial charge on any atom is -0.496 e. The molecule has 1 aromatic rings. The van der Waals surface area contributed by atoms with Gasteiger partial charge in [0.05, 0.1) is 12.7 Å². The molecule has 104 valence electrons. The zero-order chi connectivity index (χ0) is 13.8. The van der Waals surface area contributed by atoms with E-state index in [1.807, 2.05) is 12.1 Å². The maximum atomic E-state index is 5.75. The van der Waals surface area contributed by atoms with Crippen LogP contribution in [0.2, 0.25) is 0 Å². The Morgan fingerprint density at radius 2 is 2.11 bits per heavy atom. The monoisotopic (exact) mass is 278 g/mol. The second-order valence-corrected chi connectivity index (χ2v) is 5.69. The van der Waals surface area contributed by atoms with Crippen LogP contribution in [0.3, 0.4) is 0 Å². The van der Waals surface area contributed by atoms with Gasteiger partial charge in [-0.05, 0) is 37.6 Å². The van der Waals surface area contributed by atoms with Crippen molar-refractivity contribution in [2.45, 2.75) is 38.3 Å². The van der Waals surface area contributed by atoms with E-state index in [2.05, 4.69) is 18.0 Å². The lowest BCUT2D eigenvalue weighted by molar-refractivity contribution is 0.237. The van der Waals surface area contributed by atoms with Crippen molar-refractivity contribution >= 4 is 17.2 Å². The highest BCUT2D eigenvalue weighted by Gasteiger charge is 2.19. The van der Waals surface area contributed by atoms with Gasteiger partial charge in [0.1, 0.15) is 10.7 Å². The van der Waals surface area contributed by atoms with Gasteiger partial charge in [-0.3, -0.25) is 4.90 Å². The van der Waals surface area contributed by atoms with Crippen molar-refractivity contribution in [1.29, 1.82) is 0 Å². The largest absolute Gasteiger partial charge is 0.496 e. The van der Waals surface area contributed by atoms with Gasteiger partial charge in [-0.1, -0.05) is 31.1 Å². The van der Waals surface area contributed by atoms with Crippen molar-refractivity contribution in [2.75, 3.05) is 14.2 Å². The van der Waals surface area contributed by atoms with E-state index < -0.39 is 0 Å². The van der Waals surface area contributed by atoms with Crippen LogP contribution in [0.4, 0.5) is 0 Å². The van der Waals surface area contributed by atoms with Gasteiger partial charge in [0.15, 0.2) is 0 Å². The van der Waals surface area contributed by atoms with Gasteiger partial charge >= 0.3 is 0 Å². The normalized spacial score (nSPS) is 15.9. The van der Waals surface area contributed by atoms with Gasteiger partial charge < -0.3 is 10.5 Å². The van der Waals surface area contributed by atoms with Gasteiger partial charge in [0.2, 0.25) is 0 Å². The van der Waals surface area contributed by atoms with Crippen molar-refractivity contribution in [3.05, 3.63) is 29.3 Å². The van der Waals surface area contributed by atoms with Crippen LogP contribution in [-0.2, 0) is 6.54 Å². The van der Waals surface area contributed by atoms with Gasteiger partial charge in [-0.25, -0.2) is 0 Å². The predicted octanol–water partition coefficient (Wildman–Crippen LogP) is 2.70. The molecule has 0 heterocycles. The van der Waals surface area contributed by atoms with Crippen LogP contribution in [0.5, 0.6) is 5.75 Å². The van der Waals surface area contributed by atoms with Crippen molar-refractivity contribution < 1.29 is 4.74 Å². The molecule has 2 N–H and O–H groups in total. The number of rotatable bonds is 5.